The zero-order chi connectivity index (χ0) is 23.0. The van der Waals surface area contributed by atoms with Crippen LogP contribution in [0.2, 0.25) is 0 Å². The quantitative estimate of drug-likeness (QED) is 0.359. The van der Waals surface area contributed by atoms with Crippen LogP contribution in [-0.2, 0) is 4.79 Å². The number of nitrogens with zero attached hydrogens (tertiary/aromatic N) is 3. The van der Waals surface area contributed by atoms with Crippen LogP contribution in [0.4, 0.5) is 0 Å². The second-order valence-corrected chi connectivity index (χ2v) is 8.55. The van der Waals surface area contributed by atoms with Gasteiger partial charge in [-0.2, -0.15) is 0 Å². The lowest BCUT2D eigenvalue weighted by Gasteiger charge is -2.13. The van der Waals surface area contributed by atoms with Crippen molar-refractivity contribution in [1.82, 2.24) is 20.1 Å². The first-order chi connectivity index (χ1) is 16.2. The minimum absolute atomic E-state index is 0.0311. The summed E-state index contributed by atoms with van der Waals surface area (Å²) in [6.45, 7) is 2.70. The molecule has 4 rings (SSSR count). The highest BCUT2D eigenvalue weighted by atomic mass is 32.2. The highest BCUT2D eigenvalue weighted by Gasteiger charge is 2.17. The number of hydrogen-bond acceptors (Lipinski definition) is 5. The molecular formula is C26H26N4O2S. The molecule has 6 nitrogen and oxygen atoms in total. The van der Waals surface area contributed by atoms with Crippen molar-refractivity contribution in [3.63, 3.8) is 0 Å². The number of rotatable bonds is 9. The van der Waals surface area contributed by atoms with Crippen LogP contribution in [0.5, 0.6) is 5.75 Å². The van der Waals surface area contributed by atoms with E-state index in [0.29, 0.717) is 17.5 Å². The van der Waals surface area contributed by atoms with Gasteiger partial charge in [0.25, 0.3) is 0 Å². The molecule has 0 radical (unpaired) electrons. The minimum atomic E-state index is -0.0311. The second-order valence-electron chi connectivity index (χ2n) is 7.61. The zero-order valence-electron chi connectivity index (χ0n) is 18.6. The highest BCUT2D eigenvalue weighted by molar-refractivity contribution is 7.99. The number of hydrogen-bond donors (Lipinski definition) is 1. The van der Waals surface area contributed by atoms with E-state index in [0.717, 1.165) is 17.0 Å². The lowest BCUT2D eigenvalue weighted by atomic mass is 10.0. The highest BCUT2D eigenvalue weighted by Crippen LogP contribution is 2.29. The number of methoxy groups -OCH3 is 1. The van der Waals surface area contributed by atoms with E-state index >= 15 is 0 Å². The van der Waals surface area contributed by atoms with Gasteiger partial charge in [-0.25, -0.2) is 0 Å². The first kappa shape index (κ1) is 22.6. The summed E-state index contributed by atoms with van der Waals surface area (Å²) in [6, 6.07) is 27.8. The molecule has 168 valence electrons. The van der Waals surface area contributed by atoms with Gasteiger partial charge in [0.2, 0.25) is 5.91 Å². The Kier molecular flexibility index (Phi) is 7.42. The lowest BCUT2D eigenvalue weighted by molar-refractivity contribution is -0.118. The summed E-state index contributed by atoms with van der Waals surface area (Å²) in [5.41, 5.74) is 3.06. The van der Waals surface area contributed by atoms with Crippen LogP contribution in [-0.4, -0.2) is 40.1 Å². The van der Waals surface area contributed by atoms with Crippen molar-refractivity contribution < 1.29 is 9.53 Å². The van der Waals surface area contributed by atoms with Crippen molar-refractivity contribution in [2.45, 2.75) is 18.0 Å². The molecule has 0 aliphatic carbocycles. The van der Waals surface area contributed by atoms with E-state index in [9.17, 15) is 4.79 Å². The van der Waals surface area contributed by atoms with Crippen LogP contribution >= 0.6 is 11.8 Å². The topological polar surface area (TPSA) is 69.0 Å². The number of nitrogens with one attached hydrogen (secondary N) is 1. The number of benzene rings is 3. The van der Waals surface area contributed by atoms with Crippen LogP contribution < -0.4 is 10.1 Å². The molecule has 0 spiro atoms. The molecule has 0 saturated heterocycles. The maximum atomic E-state index is 12.5. The van der Waals surface area contributed by atoms with E-state index in [1.54, 1.807) is 7.11 Å². The van der Waals surface area contributed by atoms with Crippen LogP contribution in [0, 0.1) is 0 Å². The summed E-state index contributed by atoms with van der Waals surface area (Å²) in [7, 11) is 1.64. The van der Waals surface area contributed by atoms with Crippen LogP contribution in [0.15, 0.2) is 90.1 Å². The van der Waals surface area contributed by atoms with Gasteiger partial charge in [-0.05, 0) is 47.9 Å². The SMILES string of the molecule is COc1ccc(-c2nnc(SCC(=O)NCC(C)c3ccccc3)n2-c2ccccc2)cc1. The minimum Gasteiger partial charge on any atom is -0.497 e. The van der Waals surface area contributed by atoms with Gasteiger partial charge in [0.1, 0.15) is 5.75 Å². The van der Waals surface area contributed by atoms with Crippen molar-refractivity contribution in [3.05, 3.63) is 90.5 Å². The summed E-state index contributed by atoms with van der Waals surface area (Å²) < 4.78 is 7.25. The van der Waals surface area contributed by atoms with Gasteiger partial charge in [0.05, 0.1) is 12.9 Å². The molecule has 4 aromatic rings. The molecule has 0 aliphatic rings. The normalized spacial score (nSPS) is 11.7. The van der Waals surface area contributed by atoms with E-state index in [2.05, 4.69) is 34.6 Å². The summed E-state index contributed by atoms with van der Waals surface area (Å²) in [4.78, 5) is 12.5. The smallest absolute Gasteiger partial charge is 0.230 e. The fourth-order valence-corrected chi connectivity index (χ4v) is 4.23. The van der Waals surface area contributed by atoms with Crippen molar-refractivity contribution in [1.29, 1.82) is 0 Å². The monoisotopic (exact) mass is 458 g/mol. The summed E-state index contributed by atoms with van der Waals surface area (Å²) in [5, 5.41) is 12.5. The molecule has 0 fully saturated rings. The summed E-state index contributed by atoms with van der Waals surface area (Å²) in [5.74, 6) is 1.96. The van der Waals surface area contributed by atoms with E-state index in [1.807, 2.05) is 77.4 Å². The molecule has 1 atom stereocenters. The number of ether oxygens (including phenoxy) is 1. The average Bonchev–Trinajstić information content (AvgIpc) is 3.31. The van der Waals surface area contributed by atoms with Crippen molar-refractivity contribution in [2.24, 2.45) is 0 Å². The van der Waals surface area contributed by atoms with Crippen molar-refractivity contribution in [2.75, 3.05) is 19.4 Å². The number of aromatic nitrogens is 3. The first-order valence-corrected chi connectivity index (χ1v) is 11.7. The fraction of sp³-hybridized carbons (Fsp3) is 0.192. The van der Waals surface area contributed by atoms with Crippen LogP contribution in [0.1, 0.15) is 18.4 Å². The van der Waals surface area contributed by atoms with E-state index < -0.39 is 0 Å². The molecule has 0 saturated carbocycles. The molecular weight excluding hydrogens is 432 g/mol. The van der Waals surface area contributed by atoms with Gasteiger partial charge in [-0.15, -0.1) is 10.2 Å². The average molecular weight is 459 g/mol. The molecule has 1 unspecified atom stereocenters. The number of amides is 1. The van der Waals surface area contributed by atoms with E-state index in [1.165, 1.54) is 17.3 Å². The molecule has 1 heterocycles. The third kappa shape index (κ3) is 5.62. The zero-order valence-corrected chi connectivity index (χ0v) is 19.5. The molecule has 1 N–H and O–H groups in total. The molecule has 0 bridgehead atoms. The molecule has 1 amide bonds. The third-order valence-electron chi connectivity index (χ3n) is 5.30. The Morgan fingerprint density at radius 2 is 1.64 bits per heavy atom. The summed E-state index contributed by atoms with van der Waals surface area (Å²) >= 11 is 1.37. The maximum absolute atomic E-state index is 12.5. The molecule has 7 heteroatoms. The van der Waals surface area contributed by atoms with Crippen molar-refractivity contribution >= 4 is 17.7 Å². The molecule has 3 aromatic carbocycles. The first-order valence-electron chi connectivity index (χ1n) is 10.8. The molecule has 33 heavy (non-hydrogen) atoms. The Labute approximate surface area is 198 Å². The second kappa shape index (κ2) is 10.8. The Balaban J connectivity index is 1.48. The van der Waals surface area contributed by atoms with E-state index in [-0.39, 0.29) is 17.6 Å². The number of thioether (sulfide) groups is 1. The van der Waals surface area contributed by atoms with Gasteiger partial charge in [-0.1, -0.05) is 67.2 Å². The third-order valence-corrected chi connectivity index (χ3v) is 6.23. The Hall–Kier alpha value is -3.58. The van der Waals surface area contributed by atoms with Gasteiger partial charge in [0, 0.05) is 17.8 Å². The number of para-hydroxylation sites is 1. The largest absolute Gasteiger partial charge is 0.497 e. The Morgan fingerprint density at radius 1 is 0.970 bits per heavy atom. The molecule has 1 aromatic heterocycles. The summed E-state index contributed by atoms with van der Waals surface area (Å²) in [6.07, 6.45) is 0. The Morgan fingerprint density at radius 3 is 2.30 bits per heavy atom. The van der Waals surface area contributed by atoms with Crippen LogP contribution in [0.3, 0.4) is 0 Å². The molecule has 0 aliphatic heterocycles. The predicted molar refractivity (Wildman–Crippen MR) is 132 cm³/mol. The van der Waals surface area contributed by atoms with Crippen molar-refractivity contribution in [3.8, 4) is 22.8 Å². The standard InChI is InChI=1S/C26H26N4O2S/c1-19(20-9-5-3-6-10-20)17-27-24(31)18-33-26-29-28-25(21-13-15-23(32-2)16-14-21)30(26)22-11-7-4-8-12-22/h3-16,19H,17-18H2,1-2H3,(H,27,31). The lowest BCUT2D eigenvalue weighted by Crippen LogP contribution is -2.29. The number of carbonyl (C=O) groups is 1. The van der Waals surface area contributed by atoms with Gasteiger partial charge in [0.15, 0.2) is 11.0 Å². The fourth-order valence-electron chi connectivity index (χ4n) is 3.45. The van der Waals surface area contributed by atoms with Crippen LogP contribution in [0.25, 0.3) is 17.1 Å². The maximum Gasteiger partial charge on any atom is 0.230 e. The van der Waals surface area contributed by atoms with Gasteiger partial charge < -0.3 is 10.1 Å². The van der Waals surface area contributed by atoms with Gasteiger partial charge in [-0.3, -0.25) is 9.36 Å². The number of carbonyl (C=O) groups excluding carboxylic acids is 1. The predicted octanol–water partition coefficient (Wildman–Crippen LogP) is 4.95. The van der Waals surface area contributed by atoms with E-state index in [4.69, 9.17) is 4.74 Å². The van der Waals surface area contributed by atoms with Gasteiger partial charge >= 0.3 is 0 Å². The Bertz CT molecular complexity index is 1180.